The number of hydrogen-bond donors (Lipinski definition) is 2. The molecule has 1 aromatic heterocycles. The Hall–Kier alpha value is -2.93. The van der Waals surface area contributed by atoms with E-state index in [2.05, 4.69) is 0 Å². The smallest absolute Gasteiger partial charge is 0.262 e. The molecule has 0 spiro atoms. The molecule has 30 heavy (non-hydrogen) atoms. The summed E-state index contributed by atoms with van der Waals surface area (Å²) in [5.41, 5.74) is 6.12. The Bertz CT molecular complexity index is 1160. The quantitative estimate of drug-likeness (QED) is 0.570. The van der Waals surface area contributed by atoms with E-state index >= 15 is 4.39 Å². The number of phenolic OH excluding ortho intramolecular Hbond substituents is 1. The van der Waals surface area contributed by atoms with E-state index in [4.69, 9.17) is 17.3 Å². The largest absolute Gasteiger partial charge is 0.503 e. The number of rotatable bonds is 6. The highest BCUT2D eigenvalue weighted by Crippen LogP contribution is 2.40. The molecule has 5 nitrogen and oxygen atoms in total. The lowest BCUT2D eigenvalue weighted by atomic mass is 9.90. The van der Waals surface area contributed by atoms with Crippen molar-refractivity contribution >= 4 is 34.3 Å². The minimum Gasteiger partial charge on any atom is -0.503 e. The number of nitrogens with zero attached hydrogens (tertiary/aromatic N) is 1. The van der Waals surface area contributed by atoms with Crippen LogP contribution in [-0.2, 0) is 4.79 Å². The number of hydrogen-bond acceptors (Lipinski definition) is 3. The zero-order valence-electron chi connectivity index (χ0n) is 16.5. The monoisotopic (exact) mass is 434 g/mol. The number of nitrogens with two attached hydrogens (primary N) is 1. The summed E-state index contributed by atoms with van der Waals surface area (Å²) in [5.74, 6) is -5.79. The van der Waals surface area contributed by atoms with Gasteiger partial charge in [-0.25, -0.2) is 8.78 Å². The first-order chi connectivity index (χ1) is 14.2. The van der Waals surface area contributed by atoms with E-state index in [-0.39, 0.29) is 27.7 Å². The van der Waals surface area contributed by atoms with E-state index in [0.717, 1.165) is 17.1 Å². The maximum absolute atomic E-state index is 15.0. The molecule has 158 valence electrons. The van der Waals surface area contributed by atoms with Gasteiger partial charge in [0.1, 0.15) is 0 Å². The second kappa shape index (κ2) is 8.44. The van der Waals surface area contributed by atoms with Crippen LogP contribution in [-0.4, -0.2) is 21.5 Å². The summed E-state index contributed by atoms with van der Waals surface area (Å²) in [6.45, 7) is 3.46. The normalized spacial score (nSPS) is 12.3. The molecule has 0 saturated carbocycles. The molecule has 8 heteroatoms. The fourth-order valence-corrected chi connectivity index (χ4v) is 3.98. The fourth-order valence-electron chi connectivity index (χ4n) is 3.79. The van der Waals surface area contributed by atoms with E-state index in [1.165, 1.54) is 19.1 Å². The zero-order valence-corrected chi connectivity index (χ0v) is 17.3. The summed E-state index contributed by atoms with van der Waals surface area (Å²) < 4.78 is 30.3. The van der Waals surface area contributed by atoms with Gasteiger partial charge in [0.15, 0.2) is 17.4 Å². The molecular weight excluding hydrogens is 414 g/mol. The number of primary amides is 1. The first kappa shape index (κ1) is 21.8. The molecule has 1 unspecified atom stereocenters. The van der Waals surface area contributed by atoms with Gasteiger partial charge >= 0.3 is 0 Å². The number of carbonyl (C=O) groups excluding carboxylic acids is 2. The second-order valence-corrected chi connectivity index (χ2v) is 7.60. The topological polar surface area (TPSA) is 85.3 Å². The van der Waals surface area contributed by atoms with Crippen LogP contribution in [0.2, 0.25) is 5.02 Å². The highest BCUT2D eigenvalue weighted by atomic mass is 35.5. The van der Waals surface area contributed by atoms with Gasteiger partial charge in [0.25, 0.3) is 5.91 Å². The van der Waals surface area contributed by atoms with Gasteiger partial charge in [0, 0.05) is 27.7 Å². The predicted molar refractivity (Wildman–Crippen MR) is 111 cm³/mol. The zero-order chi connectivity index (χ0) is 22.2. The highest BCUT2D eigenvalue weighted by molar-refractivity contribution is 6.31. The lowest BCUT2D eigenvalue weighted by molar-refractivity contribution is -0.119. The van der Waals surface area contributed by atoms with E-state index in [1.807, 2.05) is 6.92 Å². The Labute approximate surface area is 177 Å². The number of carbonyl (C=O) groups is 2. The molecule has 0 radical (unpaired) electrons. The average Bonchev–Trinajstić information content (AvgIpc) is 2.97. The first-order valence-electron chi connectivity index (χ1n) is 9.50. The lowest BCUT2D eigenvalue weighted by Gasteiger charge is -2.15. The van der Waals surface area contributed by atoms with Crippen LogP contribution < -0.4 is 5.73 Å². The Morgan fingerprint density at radius 3 is 2.57 bits per heavy atom. The van der Waals surface area contributed by atoms with Crippen LogP contribution in [0, 0.1) is 18.6 Å². The van der Waals surface area contributed by atoms with Crippen molar-refractivity contribution in [1.29, 1.82) is 0 Å². The van der Waals surface area contributed by atoms with Crippen LogP contribution in [0.5, 0.6) is 5.75 Å². The van der Waals surface area contributed by atoms with Crippen molar-refractivity contribution in [2.45, 2.75) is 39.0 Å². The molecular formula is C22H21ClF2N2O3. The van der Waals surface area contributed by atoms with Gasteiger partial charge in [0.2, 0.25) is 5.91 Å². The summed E-state index contributed by atoms with van der Waals surface area (Å²) in [4.78, 5) is 25.5. The van der Waals surface area contributed by atoms with Crippen LogP contribution in [0.25, 0.3) is 10.9 Å². The van der Waals surface area contributed by atoms with Crippen molar-refractivity contribution in [3.05, 3.63) is 63.8 Å². The van der Waals surface area contributed by atoms with Gasteiger partial charge in [-0.05, 0) is 37.1 Å². The molecule has 0 bridgehead atoms. The minimum absolute atomic E-state index is 0.0944. The summed E-state index contributed by atoms with van der Waals surface area (Å²) in [6, 6.07) is 7.01. The van der Waals surface area contributed by atoms with Crippen molar-refractivity contribution in [3.63, 3.8) is 0 Å². The highest BCUT2D eigenvalue weighted by Gasteiger charge is 2.31. The molecule has 0 aliphatic carbocycles. The molecule has 0 aliphatic heterocycles. The van der Waals surface area contributed by atoms with Crippen LogP contribution in [0.1, 0.15) is 53.7 Å². The lowest BCUT2D eigenvalue weighted by Crippen LogP contribution is -2.23. The van der Waals surface area contributed by atoms with Crippen molar-refractivity contribution in [2.24, 2.45) is 5.73 Å². The number of phenols is 1. The molecule has 3 N–H and O–H groups in total. The third-order valence-corrected chi connectivity index (χ3v) is 5.46. The minimum atomic E-state index is -1.23. The van der Waals surface area contributed by atoms with Crippen molar-refractivity contribution in [2.75, 3.05) is 0 Å². The molecule has 1 amide bonds. The average molecular weight is 435 g/mol. The SMILES string of the molecule is CCCCC(C(N)=O)c1c(C)n(C(=O)c2cccc(Cl)c2)c2cc(F)c(O)c(F)c12. The van der Waals surface area contributed by atoms with Gasteiger partial charge in [-0.15, -0.1) is 0 Å². The van der Waals surface area contributed by atoms with E-state index in [0.29, 0.717) is 17.9 Å². The van der Waals surface area contributed by atoms with Crippen molar-refractivity contribution in [1.82, 2.24) is 4.57 Å². The molecule has 0 fully saturated rings. The fraction of sp³-hybridized carbons (Fsp3) is 0.273. The number of halogens is 3. The van der Waals surface area contributed by atoms with Crippen LogP contribution in [0.4, 0.5) is 8.78 Å². The van der Waals surface area contributed by atoms with Gasteiger partial charge in [-0.3, -0.25) is 14.2 Å². The van der Waals surface area contributed by atoms with Gasteiger partial charge < -0.3 is 10.8 Å². The predicted octanol–water partition coefficient (Wildman–Crippen LogP) is 5.03. The van der Waals surface area contributed by atoms with Crippen LogP contribution in [0.3, 0.4) is 0 Å². The molecule has 1 heterocycles. The molecule has 3 rings (SSSR count). The Kier molecular flexibility index (Phi) is 6.12. The third kappa shape index (κ3) is 3.65. The molecule has 0 saturated heterocycles. The number of unbranched alkanes of at least 4 members (excludes halogenated alkanes) is 1. The number of benzene rings is 2. The summed E-state index contributed by atoms with van der Waals surface area (Å²) in [5, 5.41) is 9.97. The molecule has 1 atom stereocenters. The Morgan fingerprint density at radius 2 is 1.97 bits per heavy atom. The third-order valence-electron chi connectivity index (χ3n) is 5.22. The van der Waals surface area contributed by atoms with Crippen molar-refractivity contribution in [3.8, 4) is 5.75 Å². The van der Waals surface area contributed by atoms with Gasteiger partial charge in [0.05, 0.1) is 11.4 Å². The standard InChI is InChI=1S/C22H21ClF2N2O3/c1-3-4-8-14(21(26)29)17-11(2)27(22(30)12-6-5-7-13(23)9-12)16-10-15(24)20(28)19(25)18(16)17/h5-7,9-10,14,28H,3-4,8H2,1-2H3,(H2,26,29). The molecule has 3 aromatic rings. The van der Waals surface area contributed by atoms with E-state index in [1.54, 1.807) is 12.1 Å². The number of fused-ring (bicyclic) bond motifs is 1. The van der Waals surface area contributed by atoms with E-state index in [9.17, 15) is 19.1 Å². The van der Waals surface area contributed by atoms with Crippen LogP contribution >= 0.6 is 11.6 Å². The molecule has 0 aliphatic rings. The first-order valence-corrected chi connectivity index (χ1v) is 9.88. The van der Waals surface area contributed by atoms with Gasteiger partial charge in [-0.1, -0.05) is 37.4 Å². The van der Waals surface area contributed by atoms with E-state index < -0.39 is 35.1 Å². The summed E-state index contributed by atoms with van der Waals surface area (Å²) in [7, 11) is 0. The second-order valence-electron chi connectivity index (χ2n) is 7.16. The summed E-state index contributed by atoms with van der Waals surface area (Å²) in [6.07, 6.45) is 1.73. The number of aromatic nitrogens is 1. The van der Waals surface area contributed by atoms with Crippen LogP contribution in [0.15, 0.2) is 30.3 Å². The Morgan fingerprint density at radius 1 is 1.27 bits per heavy atom. The maximum atomic E-state index is 15.0. The number of amides is 1. The van der Waals surface area contributed by atoms with Crippen molar-refractivity contribution < 1.29 is 23.5 Å². The Balaban J connectivity index is 2.37. The number of aromatic hydroxyl groups is 1. The summed E-state index contributed by atoms with van der Waals surface area (Å²) >= 11 is 5.98. The van der Waals surface area contributed by atoms with Gasteiger partial charge in [-0.2, -0.15) is 0 Å². The molecule has 2 aromatic carbocycles. The maximum Gasteiger partial charge on any atom is 0.262 e.